The topological polar surface area (TPSA) is 269 Å². The molecule has 15 nitrogen and oxygen atoms in total. The van der Waals surface area contributed by atoms with E-state index in [1.807, 2.05) is 6.92 Å². The Morgan fingerprint density at radius 2 is 1.45 bits per heavy atom. The lowest BCUT2D eigenvalue weighted by Crippen LogP contribution is -2.57. The monoisotopic (exact) mass is 619 g/mol. The lowest BCUT2D eigenvalue weighted by atomic mass is 9.92. The molecule has 0 radical (unpaired) electrons. The van der Waals surface area contributed by atoms with Crippen LogP contribution in [0.4, 0.5) is 0 Å². The van der Waals surface area contributed by atoms with Gasteiger partial charge in [-0.1, -0.05) is 50.1 Å². The van der Waals surface area contributed by atoms with Crippen LogP contribution >= 0.6 is 0 Å². The van der Waals surface area contributed by atoms with Crippen molar-refractivity contribution < 1.29 is 39.0 Å². The highest BCUT2D eigenvalue weighted by Crippen LogP contribution is 2.15. The van der Waals surface area contributed by atoms with Crippen molar-refractivity contribution >= 4 is 41.4 Å². The van der Waals surface area contributed by atoms with Crippen LogP contribution in [0.3, 0.4) is 0 Å². The van der Waals surface area contributed by atoms with Gasteiger partial charge in [-0.05, 0) is 38.2 Å². The third-order valence-electron chi connectivity index (χ3n) is 6.76. The molecule has 1 aromatic rings. The fourth-order valence-electron chi connectivity index (χ4n) is 4.22. The normalized spacial score (nSPS) is 14.2. The second kappa shape index (κ2) is 19.6. The van der Waals surface area contributed by atoms with Gasteiger partial charge >= 0.3 is 11.9 Å². The van der Waals surface area contributed by atoms with Gasteiger partial charge in [-0.3, -0.25) is 33.8 Å². The first kappa shape index (κ1) is 37.5. The van der Waals surface area contributed by atoms with E-state index < -0.39 is 71.9 Å². The molecule has 0 spiro atoms. The number of carboxylic acid groups (broad SMARTS) is 2. The van der Waals surface area contributed by atoms with E-state index in [0.717, 1.165) is 5.56 Å². The fraction of sp³-hybridized carbons (Fsp3) is 0.552. The van der Waals surface area contributed by atoms with Crippen LogP contribution in [-0.4, -0.2) is 82.3 Å². The van der Waals surface area contributed by atoms with Crippen molar-refractivity contribution in [2.24, 2.45) is 28.1 Å². The van der Waals surface area contributed by atoms with Gasteiger partial charge in [0, 0.05) is 13.0 Å². The van der Waals surface area contributed by atoms with E-state index >= 15 is 0 Å². The number of benzene rings is 1. The molecule has 15 heteroatoms. The van der Waals surface area contributed by atoms with Crippen molar-refractivity contribution in [1.82, 2.24) is 16.0 Å². The molecule has 0 heterocycles. The number of aliphatic carboxylic acids is 2. The number of Topliss-reactive ketones (excluding diaryl/α,β-unsaturated/α-hetero) is 1. The number of nitrogens with two attached hydrogens (primary N) is 3. The Kier molecular flexibility index (Phi) is 16.7. The maximum absolute atomic E-state index is 13.1. The SMILES string of the molecule is CCCC[C@H](NC(=O)[C@@H](N)CCCN=C(N)N)C(=O)N[C@@H](CC(=O)O)C(=O)N[C@@H](C)C(=O)C[C@@H](Cc1ccccc1)C(=O)O. The lowest BCUT2D eigenvalue weighted by Gasteiger charge is -2.24. The van der Waals surface area contributed by atoms with E-state index in [9.17, 15) is 39.0 Å². The second-order valence-electron chi connectivity index (χ2n) is 10.5. The highest BCUT2D eigenvalue weighted by molar-refractivity contribution is 5.97. The summed E-state index contributed by atoms with van der Waals surface area (Å²) >= 11 is 0. The Bertz CT molecular complexity index is 1160. The average Bonchev–Trinajstić information content (AvgIpc) is 2.96. The summed E-state index contributed by atoms with van der Waals surface area (Å²) in [6, 6.07) is 3.94. The van der Waals surface area contributed by atoms with Gasteiger partial charge in [0.1, 0.15) is 12.1 Å². The van der Waals surface area contributed by atoms with Crippen LogP contribution in [0.5, 0.6) is 0 Å². The summed E-state index contributed by atoms with van der Waals surface area (Å²) in [5, 5.41) is 26.3. The van der Waals surface area contributed by atoms with Gasteiger partial charge in [0.05, 0.1) is 24.4 Å². The largest absolute Gasteiger partial charge is 0.481 e. The molecule has 0 aliphatic rings. The van der Waals surface area contributed by atoms with Crippen molar-refractivity contribution in [2.75, 3.05) is 6.54 Å². The number of guanidine groups is 1. The zero-order valence-electron chi connectivity index (χ0n) is 25.2. The summed E-state index contributed by atoms with van der Waals surface area (Å²) in [5.74, 6) is -6.65. The molecule has 244 valence electrons. The van der Waals surface area contributed by atoms with E-state index in [4.69, 9.17) is 17.2 Å². The van der Waals surface area contributed by atoms with Gasteiger partial charge in [-0.15, -0.1) is 0 Å². The van der Waals surface area contributed by atoms with Crippen molar-refractivity contribution in [3.63, 3.8) is 0 Å². The Morgan fingerprint density at radius 1 is 0.841 bits per heavy atom. The Morgan fingerprint density at radius 3 is 2.02 bits per heavy atom. The molecule has 1 aromatic carbocycles. The van der Waals surface area contributed by atoms with Crippen LogP contribution in [-0.2, 0) is 35.2 Å². The summed E-state index contributed by atoms with van der Waals surface area (Å²) in [4.78, 5) is 78.7. The molecule has 5 atom stereocenters. The molecule has 0 saturated heterocycles. The highest BCUT2D eigenvalue weighted by atomic mass is 16.4. The maximum Gasteiger partial charge on any atom is 0.307 e. The zero-order valence-corrected chi connectivity index (χ0v) is 25.2. The van der Waals surface area contributed by atoms with Crippen LogP contribution in [0.2, 0.25) is 0 Å². The van der Waals surface area contributed by atoms with Gasteiger partial charge in [0.25, 0.3) is 0 Å². The molecular formula is C29H45N7O8. The summed E-state index contributed by atoms with van der Waals surface area (Å²) in [7, 11) is 0. The molecule has 0 aliphatic heterocycles. The van der Waals surface area contributed by atoms with Crippen LogP contribution in [0, 0.1) is 5.92 Å². The second-order valence-corrected chi connectivity index (χ2v) is 10.5. The first-order chi connectivity index (χ1) is 20.7. The number of carboxylic acids is 2. The molecule has 0 unspecified atom stereocenters. The minimum Gasteiger partial charge on any atom is -0.481 e. The summed E-state index contributed by atoms with van der Waals surface area (Å²) in [6.45, 7) is 3.49. The van der Waals surface area contributed by atoms with Crippen molar-refractivity contribution in [2.45, 2.75) is 89.4 Å². The fourth-order valence-corrected chi connectivity index (χ4v) is 4.22. The summed E-state index contributed by atoms with van der Waals surface area (Å²) < 4.78 is 0. The third kappa shape index (κ3) is 14.6. The molecule has 0 aliphatic carbocycles. The van der Waals surface area contributed by atoms with Gasteiger partial charge in [-0.25, -0.2) is 0 Å². The van der Waals surface area contributed by atoms with E-state index in [1.54, 1.807) is 30.3 Å². The Balaban J connectivity index is 2.89. The van der Waals surface area contributed by atoms with Crippen LogP contribution in [0.1, 0.15) is 64.4 Å². The third-order valence-corrected chi connectivity index (χ3v) is 6.76. The molecular weight excluding hydrogens is 574 g/mol. The smallest absolute Gasteiger partial charge is 0.307 e. The number of nitrogens with one attached hydrogen (secondary N) is 3. The summed E-state index contributed by atoms with van der Waals surface area (Å²) in [6.07, 6.45) is 0.984. The Hall–Kier alpha value is -4.53. The number of nitrogens with zero attached hydrogens (tertiary/aromatic N) is 1. The predicted molar refractivity (Wildman–Crippen MR) is 162 cm³/mol. The molecule has 0 saturated carbocycles. The van der Waals surface area contributed by atoms with Gasteiger partial charge < -0.3 is 43.4 Å². The quantitative estimate of drug-likeness (QED) is 0.0489. The number of hydrogen-bond donors (Lipinski definition) is 8. The number of unbranched alkanes of at least 4 members (excludes halogenated alkanes) is 1. The van der Waals surface area contributed by atoms with Gasteiger partial charge in [0.15, 0.2) is 11.7 Å². The number of amides is 3. The first-order valence-corrected chi connectivity index (χ1v) is 14.5. The molecule has 11 N–H and O–H groups in total. The number of carbonyl (C=O) groups is 6. The Labute approximate surface area is 256 Å². The van der Waals surface area contributed by atoms with Gasteiger partial charge in [-0.2, -0.15) is 0 Å². The number of carbonyl (C=O) groups excluding carboxylic acids is 4. The average molecular weight is 620 g/mol. The molecule has 44 heavy (non-hydrogen) atoms. The molecule has 3 amide bonds. The van der Waals surface area contributed by atoms with E-state index in [1.165, 1.54) is 6.92 Å². The van der Waals surface area contributed by atoms with Crippen LogP contribution < -0.4 is 33.2 Å². The molecule has 0 aromatic heterocycles. The highest BCUT2D eigenvalue weighted by Gasteiger charge is 2.31. The zero-order chi connectivity index (χ0) is 33.2. The maximum atomic E-state index is 13.1. The lowest BCUT2D eigenvalue weighted by molar-refractivity contribution is -0.144. The molecule has 0 fully saturated rings. The van der Waals surface area contributed by atoms with Crippen LogP contribution in [0.15, 0.2) is 35.3 Å². The number of ketones is 1. The van der Waals surface area contributed by atoms with Crippen molar-refractivity contribution in [3.8, 4) is 0 Å². The standard InChI is InChI=1S/C29H45N7O8/c1-3-4-12-21(35-25(40)20(30)11-8-13-33-29(31)32)26(41)36-22(16-24(38)39)27(42)34-17(2)23(37)15-19(28(43)44)14-18-9-6-5-7-10-18/h5-7,9-10,17,19-22H,3-4,8,11-16,30H2,1-2H3,(H,34,42)(H,35,40)(H,36,41)(H,38,39)(H,43,44)(H4,31,32,33)/t17-,19+,20-,21-,22-/m0/s1. The molecule has 1 rings (SSSR count). The first-order valence-electron chi connectivity index (χ1n) is 14.5. The summed E-state index contributed by atoms with van der Waals surface area (Å²) in [5.41, 5.74) is 17.2. The predicted octanol–water partition coefficient (Wildman–Crippen LogP) is -0.591. The number of rotatable bonds is 21. The van der Waals surface area contributed by atoms with E-state index in [2.05, 4.69) is 20.9 Å². The number of hydrogen-bond acceptors (Lipinski definition) is 8. The van der Waals surface area contributed by atoms with E-state index in [-0.39, 0.29) is 38.2 Å². The minimum atomic E-state index is -1.58. The van der Waals surface area contributed by atoms with Crippen LogP contribution in [0.25, 0.3) is 0 Å². The van der Waals surface area contributed by atoms with E-state index in [0.29, 0.717) is 19.3 Å². The van der Waals surface area contributed by atoms with Gasteiger partial charge in [0.2, 0.25) is 17.7 Å². The molecule has 0 bridgehead atoms. The van der Waals surface area contributed by atoms with Crippen molar-refractivity contribution in [1.29, 1.82) is 0 Å². The minimum absolute atomic E-state index is 0.0921. The van der Waals surface area contributed by atoms with Crippen molar-refractivity contribution in [3.05, 3.63) is 35.9 Å². The number of aliphatic imine (C=N–C) groups is 1.